The van der Waals surface area contributed by atoms with Gasteiger partial charge in [0.2, 0.25) is 10.0 Å². The van der Waals surface area contributed by atoms with Gasteiger partial charge in [-0.2, -0.15) is 0 Å². The van der Waals surface area contributed by atoms with Crippen molar-refractivity contribution in [2.24, 2.45) is 0 Å². The summed E-state index contributed by atoms with van der Waals surface area (Å²) in [6, 6.07) is 13.9. The summed E-state index contributed by atoms with van der Waals surface area (Å²) in [5.74, 6) is 0.530. The molecule has 0 aromatic heterocycles. The molecular weight excluding hydrogens is 378 g/mol. The summed E-state index contributed by atoms with van der Waals surface area (Å²) < 4.78 is 34.1. The molecule has 0 heterocycles. The van der Waals surface area contributed by atoms with Crippen LogP contribution in [0.4, 0.5) is 0 Å². The maximum Gasteiger partial charge on any atom is 0.241 e. The van der Waals surface area contributed by atoms with Crippen LogP contribution >= 0.6 is 15.9 Å². The van der Waals surface area contributed by atoms with Crippen molar-refractivity contribution < 1.29 is 13.2 Å². The minimum Gasteiger partial charge on any atom is -0.492 e. The molecule has 0 amide bonds. The number of hydrogen-bond donors (Lipinski definition) is 1. The maximum atomic E-state index is 12.6. The number of halogens is 1. The van der Waals surface area contributed by atoms with Gasteiger partial charge < -0.3 is 4.74 Å². The molecule has 0 saturated heterocycles. The molecule has 2 aromatic rings. The Hall–Kier alpha value is -1.37. The van der Waals surface area contributed by atoms with Crippen LogP contribution in [0.3, 0.4) is 0 Å². The summed E-state index contributed by atoms with van der Waals surface area (Å²) in [5, 5.41) is 0. The third-order valence-electron chi connectivity index (χ3n) is 3.31. The van der Waals surface area contributed by atoms with Crippen LogP contribution < -0.4 is 9.46 Å². The van der Waals surface area contributed by atoms with Crippen LogP contribution in [0.5, 0.6) is 5.75 Å². The predicted molar refractivity (Wildman–Crippen MR) is 95.1 cm³/mol. The quantitative estimate of drug-likeness (QED) is 0.758. The number of nitrogens with one attached hydrogen (secondary N) is 1. The van der Waals surface area contributed by atoms with Gasteiger partial charge in [0.05, 0.1) is 16.0 Å². The number of rotatable bonds is 7. The van der Waals surface area contributed by atoms with E-state index in [4.69, 9.17) is 4.74 Å². The fraction of sp³-hybridized carbons (Fsp3) is 0.294. The molecule has 0 fully saturated rings. The molecule has 2 aromatic carbocycles. The Morgan fingerprint density at radius 2 is 1.87 bits per heavy atom. The minimum atomic E-state index is -3.62. The second-order valence-electron chi connectivity index (χ2n) is 5.19. The lowest BCUT2D eigenvalue weighted by Crippen LogP contribution is -2.26. The highest BCUT2D eigenvalue weighted by Gasteiger charge is 2.19. The molecule has 0 bridgehead atoms. The van der Waals surface area contributed by atoms with E-state index in [2.05, 4.69) is 20.7 Å². The second-order valence-corrected chi connectivity index (χ2v) is 7.76. The molecule has 0 unspecified atom stereocenters. The molecule has 6 heteroatoms. The molecule has 0 aliphatic heterocycles. The van der Waals surface area contributed by atoms with E-state index >= 15 is 0 Å². The van der Waals surface area contributed by atoms with Crippen molar-refractivity contribution in [2.45, 2.75) is 31.2 Å². The maximum absolute atomic E-state index is 12.6. The third-order valence-corrected chi connectivity index (χ3v) is 5.50. The zero-order chi connectivity index (χ0) is 16.9. The molecule has 2 rings (SSSR count). The number of sulfonamides is 1. The molecule has 1 N–H and O–H groups in total. The van der Waals surface area contributed by atoms with Crippen LogP contribution in [0, 0.1) is 0 Å². The average Bonchev–Trinajstić information content (AvgIpc) is 2.54. The van der Waals surface area contributed by atoms with Crippen LogP contribution in [-0.4, -0.2) is 15.0 Å². The Labute approximate surface area is 146 Å². The van der Waals surface area contributed by atoms with E-state index in [9.17, 15) is 8.42 Å². The van der Waals surface area contributed by atoms with Gasteiger partial charge in [-0.25, -0.2) is 13.1 Å². The van der Waals surface area contributed by atoms with Crippen molar-refractivity contribution in [1.29, 1.82) is 0 Å². The molecule has 23 heavy (non-hydrogen) atoms. The highest BCUT2D eigenvalue weighted by atomic mass is 79.9. The largest absolute Gasteiger partial charge is 0.492 e. The number of benzene rings is 2. The summed E-state index contributed by atoms with van der Waals surface area (Å²) >= 11 is 3.37. The lowest BCUT2D eigenvalue weighted by molar-refractivity contribution is 0.314. The summed E-state index contributed by atoms with van der Waals surface area (Å²) in [7, 11) is -3.62. The molecule has 124 valence electrons. The highest BCUT2D eigenvalue weighted by molar-refractivity contribution is 9.10. The first-order chi connectivity index (χ1) is 10.9. The van der Waals surface area contributed by atoms with Gasteiger partial charge in [0.15, 0.2) is 0 Å². The van der Waals surface area contributed by atoms with Crippen molar-refractivity contribution in [3.05, 3.63) is 58.6 Å². The van der Waals surface area contributed by atoms with Gasteiger partial charge in [0, 0.05) is 12.1 Å². The van der Waals surface area contributed by atoms with Crippen molar-refractivity contribution >= 4 is 26.0 Å². The van der Waals surface area contributed by atoms with Gasteiger partial charge >= 0.3 is 0 Å². The Kier molecular flexibility index (Phi) is 6.21. The fourth-order valence-electron chi connectivity index (χ4n) is 2.08. The van der Waals surface area contributed by atoms with Gasteiger partial charge in [0.25, 0.3) is 0 Å². The van der Waals surface area contributed by atoms with Crippen LogP contribution in [0.2, 0.25) is 0 Å². The summed E-state index contributed by atoms with van der Waals surface area (Å²) in [6.45, 7) is 4.35. The standard InChI is InChI=1S/C17H20BrNO3S/c1-3-11-22-17-12-15(9-10-16(17)18)23(20,21)19-13(2)14-7-5-4-6-8-14/h4-10,12-13,19H,3,11H2,1-2H3/t13-/m0/s1. The lowest BCUT2D eigenvalue weighted by atomic mass is 10.1. The SMILES string of the molecule is CCCOc1cc(S(=O)(=O)N[C@@H](C)c2ccccc2)ccc1Br. The van der Waals surface area contributed by atoms with E-state index < -0.39 is 10.0 Å². The van der Waals surface area contributed by atoms with Crippen LogP contribution in [0.15, 0.2) is 57.9 Å². The van der Waals surface area contributed by atoms with Gasteiger partial charge in [-0.1, -0.05) is 37.3 Å². The Bertz CT molecular complexity index is 748. The van der Waals surface area contributed by atoms with Gasteiger partial charge in [-0.3, -0.25) is 0 Å². The van der Waals surface area contributed by atoms with E-state index in [-0.39, 0.29) is 10.9 Å². The van der Waals surface area contributed by atoms with Crippen molar-refractivity contribution in [1.82, 2.24) is 4.72 Å². The van der Waals surface area contributed by atoms with Crippen LogP contribution in [0.1, 0.15) is 31.9 Å². The van der Waals surface area contributed by atoms with E-state index in [1.54, 1.807) is 18.2 Å². The van der Waals surface area contributed by atoms with E-state index in [1.807, 2.05) is 44.2 Å². The zero-order valence-electron chi connectivity index (χ0n) is 13.1. The monoisotopic (exact) mass is 397 g/mol. The molecule has 0 saturated carbocycles. The Morgan fingerprint density at radius 3 is 2.52 bits per heavy atom. The summed E-state index contributed by atoms with van der Waals surface area (Å²) in [5.41, 5.74) is 0.913. The minimum absolute atomic E-state index is 0.189. The van der Waals surface area contributed by atoms with E-state index in [0.29, 0.717) is 12.4 Å². The average molecular weight is 398 g/mol. The van der Waals surface area contributed by atoms with E-state index in [0.717, 1.165) is 16.5 Å². The lowest BCUT2D eigenvalue weighted by Gasteiger charge is -2.15. The van der Waals surface area contributed by atoms with E-state index in [1.165, 1.54) is 0 Å². The normalized spacial score (nSPS) is 12.8. The topological polar surface area (TPSA) is 55.4 Å². The number of hydrogen-bond acceptors (Lipinski definition) is 3. The van der Waals surface area contributed by atoms with Crippen LogP contribution in [0.25, 0.3) is 0 Å². The molecule has 0 aliphatic rings. The molecular formula is C17H20BrNO3S. The highest BCUT2D eigenvalue weighted by Crippen LogP contribution is 2.28. The summed E-state index contributed by atoms with van der Waals surface area (Å²) in [6.07, 6.45) is 0.854. The Morgan fingerprint density at radius 1 is 1.17 bits per heavy atom. The smallest absolute Gasteiger partial charge is 0.241 e. The first kappa shape index (κ1) is 18.0. The third kappa shape index (κ3) is 4.80. The van der Waals surface area contributed by atoms with Crippen molar-refractivity contribution in [3.63, 3.8) is 0 Å². The van der Waals surface area contributed by atoms with Gasteiger partial charge in [-0.15, -0.1) is 0 Å². The first-order valence-electron chi connectivity index (χ1n) is 7.43. The van der Waals surface area contributed by atoms with Gasteiger partial charge in [0.1, 0.15) is 5.75 Å². The first-order valence-corrected chi connectivity index (χ1v) is 9.71. The van der Waals surface area contributed by atoms with Crippen molar-refractivity contribution in [3.8, 4) is 5.75 Å². The number of ether oxygens (including phenoxy) is 1. The molecule has 0 radical (unpaired) electrons. The van der Waals surface area contributed by atoms with Crippen LogP contribution in [-0.2, 0) is 10.0 Å². The molecule has 4 nitrogen and oxygen atoms in total. The fourth-order valence-corrected chi connectivity index (χ4v) is 3.69. The van der Waals surface area contributed by atoms with Crippen molar-refractivity contribution in [2.75, 3.05) is 6.61 Å². The van der Waals surface area contributed by atoms with Gasteiger partial charge in [-0.05, 0) is 47.0 Å². The molecule has 0 aliphatic carbocycles. The predicted octanol–water partition coefficient (Wildman–Crippen LogP) is 4.28. The second kappa shape index (κ2) is 7.95. The molecule has 0 spiro atoms. The Balaban J connectivity index is 2.22. The molecule has 1 atom stereocenters. The zero-order valence-corrected chi connectivity index (χ0v) is 15.5. The summed E-state index contributed by atoms with van der Waals surface area (Å²) in [4.78, 5) is 0.189.